The predicted molar refractivity (Wildman–Crippen MR) is 81.7 cm³/mol. The molecule has 0 radical (unpaired) electrons. The Balaban J connectivity index is 2.42. The first-order valence-corrected chi connectivity index (χ1v) is 7.94. The van der Waals surface area contributed by atoms with Gasteiger partial charge < -0.3 is 4.74 Å². The summed E-state index contributed by atoms with van der Waals surface area (Å²) in [6, 6.07) is 0. The third-order valence-corrected chi connectivity index (χ3v) is 4.25. The second-order valence-corrected chi connectivity index (χ2v) is 6.47. The summed E-state index contributed by atoms with van der Waals surface area (Å²) in [7, 11) is 0. The second-order valence-electron chi connectivity index (χ2n) is 5.61. The van der Waals surface area contributed by atoms with E-state index in [-0.39, 0.29) is 11.9 Å². The van der Waals surface area contributed by atoms with Crippen LogP contribution in [0.1, 0.15) is 39.5 Å². The summed E-state index contributed by atoms with van der Waals surface area (Å²) in [5.41, 5.74) is 1.19. The van der Waals surface area contributed by atoms with Gasteiger partial charge in [0.1, 0.15) is 0 Å². The number of carbonyl (C=O) groups is 1. The van der Waals surface area contributed by atoms with E-state index in [2.05, 4.69) is 11.8 Å². The molecule has 1 rings (SSSR count). The zero-order valence-electron chi connectivity index (χ0n) is 12.0. The molecule has 3 heteroatoms. The maximum Gasteiger partial charge on any atom is 0.306 e. The van der Waals surface area contributed by atoms with Crippen molar-refractivity contribution >= 4 is 17.7 Å². The Labute approximate surface area is 121 Å². The molecule has 0 amide bonds. The third kappa shape index (κ3) is 5.74. The van der Waals surface area contributed by atoms with Gasteiger partial charge in [-0.1, -0.05) is 44.2 Å². The molecule has 0 aliphatic heterocycles. The van der Waals surface area contributed by atoms with Gasteiger partial charge in [0, 0.05) is 5.75 Å². The molecule has 0 spiro atoms. The van der Waals surface area contributed by atoms with Crippen molar-refractivity contribution in [3.05, 3.63) is 12.2 Å². The monoisotopic (exact) mass is 280 g/mol. The van der Waals surface area contributed by atoms with Gasteiger partial charge in [0.2, 0.25) is 0 Å². The van der Waals surface area contributed by atoms with Crippen LogP contribution < -0.4 is 0 Å². The van der Waals surface area contributed by atoms with Gasteiger partial charge in [0.25, 0.3) is 0 Å². The van der Waals surface area contributed by atoms with Gasteiger partial charge in [-0.2, -0.15) is 0 Å². The number of ether oxygens (including phenoxy) is 1. The van der Waals surface area contributed by atoms with Gasteiger partial charge in [-0.05, 0) is 35.8 Å². The summed E-state index contributed by atoms with van der Waals surface area (Å²) >= 11 is 1.50. The van der Waals surface area contributed by atoms with Crippen LogP contribution in [0.25, 0.3) is 0 Å². The van der Waals surface area contributed by atoms with E-state index >= 15 is 0 Å². The zero-order chi connectivity index (χ0) is 14.3. The van der Waals surface area contributed by atoms with Crippen molar-refractivity contribution in [3.8, 4) is 11.7 Å². The Morgan fingerprint density at radius 2 is 2.21 bits per heavy atom. The average Bonchev–Trinajstić information content (AvgIpc) is 2.37. The van der Waals surface area contributed by atoms with Crippen LogP contribution in [-0.4, -0.2) is 18.3 Å². The van der Waals surface area contributed by atoms with Crippen LogP contribution in [0.3, 0.4) is 0 Å². The normalized spacial score (nSPS) is 23.2. The van der Waals surface area contributed by atoms with Crippen molar-refractivity contribution in [2.45, 2.75) is 39.5 Å². The Kier molecular flexibility index (Phi) is 7.09. The fraction of sp³-hybridized carbons (Fsp3) is 0.688. The molecule has 1 saturated carbocycles. The van der Waals surface area contributed by atoms with Gasteiger partial charge in [-0.3, -0.25) is 4.79 Å². The molecule has 106 valence electrons. The van der Waals surface area contributed by atoms with Gasteiger partial charge >= 0.3 is 5.97 Å². The number of terminal acetylenes is 1. The molecule has 2 atom stereocenters. The van der Waals surface area contributed by atoms with Crippen molar-refractivity contribution in [2.75, 3.05) is 12.4 Å². The van der Waals surface area contributed by atoms with Crippen LogP contribution in [-0.2, 0) is 9.53 Å². The molecule has 0 N–H and O–H groups in total. The minimum absolute atomic E-state index is 0.0925. The van der Waals surface area contributed by atoms with E-state index in [0.717, 1.165) is 25.0 Å². The standard InChI is InChI=1S/C16H24O2S/c1-5-19-11-15-8-6-7-14(13(15)4)9-16(17)18-10-12(2)3/h1,12,14-15H,4,6-11H2,2-3H3/t14-,15?/m0/s1. The molecule has 0 aromatic carbocycles. The van der Waals surface area contributed by atoms with E-state index in [1.54, 1.807) is 0 Å². The smallest absolute Gasteiger partial charge is 0.306 e. The average molecular weight is 280 g/mol. The Hall–Kier alpha value is -0.880. The number of allylic oxidation sites excluding steroid dienone is 1. The van der Waals surface area contributed by atoms with Gasteiger partial charge in [0.05, 0.1) is 13.0 Å². The van der Waals surface area contributed by atoms with Crippen LogP contribution in [0.5, 0.6) is 0 Å². The first-order valence-electron chi connectivity index (χ1n) is 6.96. The lowest BCUT2D eigenvalue weighted by Gasteiger charge is -2.31. The highest BCUT2D eigenvalue weighted by molar-refractivity contribution is 8.03. The topological polar surface area (TPSA) is 26.3 Å². The first-order chi connectivity index (χ1) is 9.04. The molecule has 0 bridgehead atoms. The van der Waals surface area contributed by atoms with E-state index in [1.807, 2.05) is 13.8 Å². The largest absolute Gasteiger partial charge is 0.465 e. The maximum atomic E-state index is 11.8. The van der Waals surface area contributed by atoms with Crippen molar-refractivity contribution in [3.63, 3.8) is 0 Å². The van der Waals surface area contributed by atoms with Crippen molar-refractivity contribution in [1.29, 1.82) is 0 Å². The summed E-state index contributed by atoms with van der Waals surface area (Å²) in [5.74, 6) is 1.95. The van der Waals surface area contributed by atoms with Crippen LogP contribution in [0.4, 0.5) is 0 Å². The molecule has 1 aliphatic rings. The van der Waals surface area contributed by atoms with Crippen molar-refractivity contribution in [1.82, 2.24) is 0 Å². The molecule has 1 fully saturated rings. The molecule has 1 aliphatic carbocycles. The minimum atomic E-state index is -0.0925. The molecule has 0 aromatic heterocycles. The summed E-state index contributed by atoms with van der Waals surface area (Å²) in [6.45, 7) is 8.78. The molecular weight excluding hydrogens is 256 g/mol. The molecule has 19 heavy (non-hydrogen) atoms. The lowest BCUT2D eigenvalue weighted by molar-refractivity contribution is -0.145. The lowest BCUT2D eigenvalue weighted by atomic mass is 9.77. The Morgan fingerprint density at radius 1 is 1.53 bits per heavy atom. The fourth-order valence-corrected chi connectivity index (χ4v) is 3.08. The highest BCUT2D eigenvalue weighted by atomic mass is 32.2. The molecule has 0 aromatic rings. The molecular formula is C16H24O2S. The highest BCUT2D eigenvalue weighted by Crippen LogP contribution is 2.37. The fourth-order valence-electron chi connectivity index (χ4n) is 2.41. The van der Waals surface area contributed by atoms with Crippen LogP contribution in [0.2, 0.25) is 0 Å². The van der Waals surface area contributed by atoms with E-state index in [0.29, 0.717) is 24.9 Å². The van der Waals surface area contributed by atoms with Crippen molar-refractivity contribution in [2.24, 2.45) is 17.8 Å². The third-order valence-electron chi connectivity index (χ3n) is 3.51. The van der Waals surface area contributed by atoms with E-state index in [1.165, 1.54) is 17.3 Å². The number of esters is 1. The number of hydrogen-bond acceptors (Lipinski definition) is 3. The summed E-state index contributed by atoms with van der Waals surface area (Å²) < 4.78 is 5.25. The van der Waals surface area contributed by atoms with E-state index in [4.69, 9.17) is 11.2 Å². The number of thioether (sulfide) groups is 1. The van der Waals surface area contributed by atoms with E-state index in [9.17, 15) is 4.79 Å². The lowest BCUT2D eigenvalue weighted by Crippen LogP contribution is -2.24. The van der Waals surface area contributed by atoms with Crippen molar-refractivity contribution < 1.29 is 9.53 Å². The van der Waals surface area contributed by atoms with Gasteiger partial charge in [-0.15, -0.1) is 6.42 Å². The van der Waals surface area contributed by atoms with Gasteiger partial charge in [0.15, 0.2) is 0 Å². The molecule has 0 heterocycles. The molecule has 0 saturated heterocycles. The quantitative estimate of drug-likeness (QED) is 0.420. The molecule has 1 unspecified atom stereocenters. The maximum absolute atomic E-state index is 11.8. The summed E-state index contributed by atoms with van der Waals surface area (Å²) in [5, 5.41) is 2.61. The predicted octanol–water partition coefficient (Wildman–Crippen LogP) is 3.87. The summed E-state index contributed by atoms with van der Waals surface area (Å²) in [6.07, 6.45) is 9.10. The second kappa shape index (κ2) is 8.32. The first kappa shape index (κ1) is 16.2. The van der Waals surface area contributed by atoms with Crippen LogP contribution in [0, 0.1) is 29.4 Å². The van der Waals surface area contributed by atoms with E-state index < -0.39 is 0 Å². The summed E-state index contributed by atoms with van der Waals surface area (Å²) in [4.78, 5) is 11.8. The number of rotatable bonds is 6. The molecule has 2 nitrogen and oxygen atoms in total. The van der Waals surface area contributed by atoms with Crippen LogP contribution in [0.15, 0.2) is 12.2 Å². The SMILES string of the molecule is C#CSCC1CCC[C@@H](CC(=O)OCC(C)C)C1=C. The van der Waals surface area contributed by atoms with Gasteiger partial charge in [-0.25, -0.2) is 0 Å². The minimum Gasteiger partial charge on any atom is -0.465 e. The Bertz CT molecular complexity index is 354. The number of carbonyl (C=O) groups excluding carboxylic acids is 1. The Morgan fingerprint density at radius 3 is 2.84 bits per heavy atom. The zero-order valence-corrected chi connectivity index (χ0v) is 12.8. The number of hydrogen-bond donors (Lipinski definition) is 0. The van der Waals surface area contributed by atoms with Crippen LogP contribution >= 0.6 is 11.8 Å². The highest BCUT2D eigenvalue weighted by Gasteiger charge is 2.27.